The number of anilines is 2. The molecule has 8 heteroatoms. The van der Waals surface area contributed by atoms with Crippen molar-refractivity contribution in [2.24, 2.45) is 0 Å². The molecule has 8 nitrogen and oxygen atoms in total. The topological polar surface area (TPSA) is 78.9 Å². The van der Waals surface area contributed by atoms with Gasteiger partial charge in [-0.1, -0.05) is 0 Å². The highest BCUT2D eigenvalue weighted by atomic mass is 16.5. The number of benzene rings is 1. The maximum atomic E-state index is 12.8. The zero-order valence-electron chi connectivity index (χ0n) is 19.3. The van der Waals surface area contributed by atoms with Crippen molar-refractivity contribution in [2.45, 2.75) is 38.5 Å². The molecule has 170 valence electrons. The van der Waals surface area contributed by atoms with Crippen molar-refractivity contribution < 1.29 is 14.3 Å². The van der Waals surface area contributed by atoms with Crippen LogP contribution in [0.1, 0.15) is 42.3 Å². The molecule has 1 atom stereocenters. The summed E-state index contributed by atoms with van der Waals surface area (Å²) in [6.45, 7) is 3.97. The van der Waals surface area contributed by atoms with E-state index < -0.39 is 0 Å². The van der Waals surface area contributed by atoms with Crippen LogP contribution in [0.15, 0.2) is 24.3 Å². The van der Waals surface area contributed by atoms with Gasteiger partial charge in [0.1, 0.15) is 17.4 Å². The Morgan fingerprint density at radius 3 is 2.69 bits per heavy atom. The lowest BCUT2D eigenvalue weighted by molar-refractivity contribution is -0.130. The Labute approximate surface area is 189 Å². The van der Waals surface area contributed by atoms with Gasteiger partial charge in [-0.25, -0.2) is 9.97 Å². The van der Waals surface area contributed by atoms with Crippen LogP contribution in [0.3, 0.4) is 0 Å². The van der Waals surface area contributed by atoms with Crippen LogP contribution in [0.5, 0.6) is 5.75 Å². The summed E-state index contributed by atoms with van der Waals surface area (Å²) in [5.74, 6) is 2.63. The number of ether oxygens (including phenoxy) is 1. The number of amides is 2. The summed E-state index contributed by atoms with van der Waals surface area (Å²) in [6.07, 6.45) is 2.50. The number of carbonyl (C=O) groups is 2. The van der Waals surface area contributed by atoms with E-state index in [1.54, 1.807) is 19.1 Å². The maximum Gasteiger partial charge on any atom is 0.228 e. The van der Waals surface area contributed by atoms with E-state index in [2.05, 4.69) is 4.90 Å². The number of aryl methyl sites for hydroxylation is 1. The lowest BCUT2D eigenvalue weighted by atomic mass is 10.0. The molecular weight excluding hydrogens is 406 g/mol. The minimum absolute atomic E-state index is 0.0887. The van der Waals surface area contributed by atoms with Gasteiger partial charge in [0, 0.05) is 69.4 Å². The zero-order valence-corrected chi connectivity index (χ0v) is 19.3. The van der Waals surface area contributed by atoms with Gasteiger partial charge >= 0.3 is 0 Å². The summed E-state index contributed by atoms with van der Waals surface area (Å²) in [7, 11) is 5.42. The van der Waals surface area contributed by atoms with Gasteiger partial charge in [0.2, 0.25) is 11.8 Å². The molecule has 2 aromatic rings. The van der Waals surface area contributed by atoms with Gasteiger partial charge in [-0.05, 0) is 44.0 Å². The van der Waals surface area contributed by atoms with Crippen LogP contribution >= 0.6 is 0 Å². The molecule has 0 aliphatic carbocycles. The number of methoxy groups -OCH3 is 1. The normalized spacial score (nSPS) is 18.0. The van der Waals surface area contributed by atoms with Gasteiger partial charge in [-0.2, -0.15) is 0 Å². The fourth-order valence-electron chi connectivity index (χ4n) is 4.46. The van der Waals surface area contributed by atoms with Crippen LogP contribution in [0.4, 0.5) is 11.5 Å². The number of hydrogen-bond donors (Lipinski definition) is 0. The molecule has 1 aromatic heterocycles. The average Bonchev–Trinajstić information content (AvgIpc) is 3.30. The lowest BCUT2D eigenvalue weighted by Gasteiger charge is -2.26. The first-order valence-corrected chi connectivity index (χ1v) is 11.1. The number of rotatable bonds is 6. The summed E-state index contributed by atoms with van der Waals surface area (Å²) in [6, 6.07) is 7.83. The predicted molar refractivity (Wildman–Crippen MR) is 123 cm³/mol. The Bertz CT molecular complexity index is 1010. The van der Waals surface area contributed by atoms with E-state index in [4.69, 9.17) is 14.7 Å². The van der Waals surface area contributed by atoms with Gasteiger partial charge in [-0.3, -0.25) is 14.5 Å². The largest absolute Gasteiger partial charge is 0.497 e. The molecule has 0 unspecified atom stereocenters. The van der Waals surface area contributed by atoms with E-state index >= 15 is 0 Å². The van der Waals surface area contributed by atoms with Gasteiger partial charge in [0.05, 0.1) is 7.11 Å². The van der Waals surface area contributed by atoms with Crippen LogP contribution in [0, 0.1) is 6.92 Å². The highest BCUT2D eigenvalue weighted by Crippen LogP contribution is 2.31. The Morgan fingerprint density at radius 2 is 1.97 bits per heavy atom. The lowest BCUT2D eigenvalue weighted by Crippen LogP contribution is -2.34. The van der Waals surface area contributed by atoms with Crippen molar-refractivity contribution >= 4 is 23.3 Å². The van der Waals surface area contributed by atoms with Crippen LogP contribution < -0.4 is 14.5 Å². The Hall–Kier alpha value is -3.16. The van der Waals surface area contributed by atoms with E-state index in [-0.39, 0.29) is 17.7 Å². The van der Waals surface area contributed by atoms with Crippen LogP contribution in [0.25, 0.3) is 0 Å². The molecular formula is C24H31N5O3. The summed E-state index contributed by atoms with van der Waals surface area (Å²) < 4.78 is 5.20. The number of likely N-dealkylation sites (tertiary alicyclic amines) is 1. The van der Waals surface area contributed by atoms with Crippen molar-refractivity contribution in [1.29, 1.82) is 0 Å². The fourth-order valence-corrected chi connectivity index (χ4v) is 4.46. The maximum absolute atomic E-state index is 12.8. The molecule has 0 spiro atoms. The summed E-state index contributed by atoms with van der Waals surface area (Å²) in [5, 5.41) is 0. The third-order valence-electron chi connectivity index (χ3n) is 6.57. The second-order valence-electron chi connectivity index (χ2n) is 8.62. The van der Waals surface area contributed by atoms with E-state index in [9.17, 15) is 9.59 Å². The minimum Gasteiger partial charge on any atom is -0.497 e. The first-order chi connectivity index (χ1) is 15.4. The molecule has 1 saturated heterocycles. The van der Waals surface area contributed by atoms with Crippen molar-refractivity contribution in [1.82, 2.24) is 14.9 Å². The molecule has 4 rings (SSSR count). The van der Waals surface area contributed by atoms with Crippen molar-refractivity contribution in [2.75, 3.05) is 50.6 Å². The van der Waals surface area contributed by atoms with E-state index in [0.29, 0.717) is 38.9 Å². The quantitative estimate of drug-likeness (QED) is 0.691. The van der Waals surface area contributed by atoms with Crippen molar-refractivity contribution in [3.05, 3.63) is 41.3 Å². The highest BCUT2D eigenvalue weighted by Gasteiger charge is 2.32. The Kier molecular flexibility index (Phi) is 6.30. The Morgan fingerprint density at radius 1 is 1.22 bits per heavy atom. The molecule has 2 aliphatic rings. The summed E-state index contributed by atoms with van der Waals surface area (Å²) in [4.78, 5) is 40.1. The summed E-state index contributed by atoms with van der Waals surface area (Å²) in [5.41, 5.74) is 3.05. The van der Waals surface area contributed by atoms with Gasteiger partial charge in [0.15, 0.2) is 0 Å². The first-order valence-electron chi connectivity index (χ1n) is 11.1. The molecule has 32 heavy (non-hydrogen) atoms. The number of fused-ring (bicyclic) bond motifs is 1. The monoisotopic (exact) mass is 437 g/mol. The molecule has 0 radical (unpaired) electrons. The zero-order chi connectivity index (χ0) is 22.8. The third-order valence-corrected chi connectivity index (χ3v) is 6.57. The van der Waals surface area contributed by atoms with Crippen LogP contribution in [0.2, 0.25) is 0 Å². The van der Waals surface area contributed by atoms with E-state index in [1.807, 2.05) is 43.1 Å². The van der Waals surface area contributed by atoms with E-state index in [1.165, 1.54) is 0 Å². The average molecular weight is 438 g/mol. The molecule has 1 fully saturated rings. The Balaban J connectivity index is 1.36. The van der Waals surface area contributed by atoms with Gasteiger partial charge in [0.25, 0.3) is 0 Å². The number of hydrogen-bond acceptors (Lipinski definition) is 6. The standard InChI is InChI=1S/C24H31N5O3/c1-16-20-9-10-21(30)28(3)24(20)26-23(25-16)17-11-14-29(15-17)22(31)12-13-27(2)18-5-7-19(32-4)8-6-18/h5-8,17H,9-15H2,1-4H3/t17-/m1/s1. The predicted octanol–water partition coefficient (Wildman–Crippen LogP) is 2.55. The molecule has 2 aliphatic heterocycles. The van der Waals surface area contributed by atoms with Crippen LogP contribution in [-0.4, -0.2) is 67.5 Å². The minimum atomic E-state index is 0.0887. The van der Waals surface area contributed by atoms with Crippen LogP contribution in [-0.2, 0) is 16.0 Å². The molecule has 3 heterocycles. The smallest absolute Gasteiger partial charge is 0.228 e. The van der Waals surface area contributed by atoms with Crippen molar-refractivity contribution in [3.63, 3.8) is 0 Å². The summed E-state index contributed by atoms with van der Waals surface area (Å²) >= 11 is 0. The molecule has 0 N–H and O–H groups in total. The van der Waals surface area contributed by atoms with Gasteiger partial charge in [-0.15, -0.1) is 0 Å². The fraction of sp³-hybridized carbons (Fsp3) is 0.500. The molecule has 0 saturated carbocycles. The molecule has 1 aromatic carbocycles. The molecule has 2 amide bonds. The number of aromatic nitrogens is 2. The third kappa shape index (κ3) is 4.40. The second kappa shape index (κ2) is 9.14. The van der Waals surface area contributed by atoms with E-state index in [0.717, 1.165) is 40.8 Å². The highest BCUT2D eigenvalue weighted by molar-refractivity contribution is 5.94. The second-order valence-corrected chi connectivity index (χ2v) is 8.62. The van der Waals surface area contributed by atoms with Gasteiger partial charge < -0.3 is 14.5 Å². The number of nitrogens with zero attached hydrogens (tertiary/aromatic N) is 5. The SMILES string of the molecule is COc1ccc(N(C)CCC(=O)N2CC[C@@H](c3nc(C)c4c(n3)N(C)C(=O)CC4)C2)cc1. The molecule has 0 bridgehead atoms. The first kappa shape index (κ1) is 22.0. The van der Waals surface area contributed by atoms with Crippen molar-refractivity contribution in [3.8, 4) is 5.75 Å². The number of carbonyl (C=O) groups excluding carboxylic acids is 2.